The highest BCUT2D eigenvalue weighted by atomic mass is 19.1. The van der Waals surface area contributed by atoms with Crippen LogP contribution in [0.25, 0.3) is 33.3 Å². The van der Waals surface area contributed by atoms with E-state index in [-0.39, 0.29) is 22.9 Å². The summed E-state index contributed by atoms with van der Waals surface area (Å²) in [5.74, 6) is 0.461. The topological polar surface area (TPSA) is 112 Å². The number of para-hydroxylation sites is 1. The second kappa shape index (κ2) is 9.04. The molecule has 0 amide bonds. The lowest BCUT2D eigenvalue weighted by molar-refractivity contribution is 0.122. The predicted octanol–water partition coefficient (Wildman–Crippen LogP) is 4.01. The first-order chi connectivity index (χ1) is 17.6. The van der Waals surface area contributed by atoms with E-state index in [2.05, 4.69) is 30.2 Å². The molecule has 1 aliphatic rings. The van der Waals surface area contributed by atoms with Crippen LogP contribution in [0.5, 0.6) is 0 Å². The van der Waals surface area contributed by atoms with Crippen LogP contribution in [0.2, 0.25) is 0 Å². The first-order valence-corrected chi connectivity index (χ1v) is 11.8. The Morgan fingerprint density at radius 2 is 1.83 bits per heavy atom. The molecule has 0 radical (unpaired) electrons. The molecule has 0 spiro atoms. The van der Waals surface area contributed by atoms with Crippen molar-refractivity contribution < 1.29 is 9.13 Å². The Labute approximate surface area is 205 Å². The smallest absolute Gasteiger partial charge is 0.261 e. The molecule has 0 bridgehead atoms. The van der Waals surface area contributed by atoms with Crippen molar-refractivity contribution in [2.45, 2.75) is 13.0 Å². The summed E-state index contributed by atoms with van der Waals surface area (Å²) in [4.78, 5) is 34.6. The highest BCUT2D eigenvalue weighted by molar-refractivity contribution is 5.99. The van der Waals surface area contributed by atoms with E-state index in [0.29, 0.717) is 60.1 Å². The van der Waals surface area contributed by atoms with Crippen molar-refractivity contribution in [1.82, 2.24) is 24.9 Å². The number of morpholine rings is 1. The first-order valence-electron chi connectivity index (χ1n) is 11.8. The van der Waals surface area contributed by atoms with Crippen LogP contribution < -0.4 is 15.8 Å². The number of halogens is 1. The van der Waals surface area contributed by atoms with E-state index < -0.39 is 5.82 Å². The summed E-state index contributed by atoms with van der Waals surface area (Å²) in [6.07, 6.45) is 3.34. The number of ether oxygens (including phenoxy) is 1. The molecule has 3 N–H and O–H groups in total. The van der Waals surface area contributed by atoms with E-state index >= 15 is 4.39 Å². The molecule has 6 rings (SSSR count). The molecule has 9 nitrogen and oxygen atoms in total. The molecule has 1 aliphatic heterocycles. The standard InChI is InChI=1S/C26H24FN7O2/c1-15(24-28-9-4-10-29-24)30-22-16-5-2-3-6-17(16)32-26(35)20(22)25-31-18-7-8-19(21(27)23(18)33-25)34-11-13-36-14-12-34/h2-10,15H,11-14H2,1H3,(H,31,33)(H2,30,32,35)/t15-/m1/s1. The van der Waals surface area contributed by atoms with Gasteiger partial charge in [0.2, 0.25) is 0 Å². The van der Waals surface area contributed by atoms with Gasteiger partial charge < -0.3 is 24.9 Å². The summed E-state index contributed by atoms with van der Waals surface area (Å²) in [5.41, 5.74) is 2.38. The van der Waals surface area contributed by atoms with Gasteiger partial charge in [-0.3, -0.25) is 4.79 Å². The highest BCUT2D eigenvalue weighted by Crippen LogP contribution is 2.34. The molecule has 1 atom stereocenters. The quantitative estimate of drug-likeness (QED) is 0.345. The Bertz CT molecular complexity index is 1610. The van der Waals surface area contributed by atoms with Crippen molar-refractivity contribution in [3.63, 3.8) is 0 Å². The lowest BCUT2D eigenvalue weighted by Gasteiger charge is -2.29. The van der Waals surface area contributed by atoms with E-state index in [9.17, 15) is 4.79 Å². The van der Waals surface area contributed by atoms with Gasteiger partial charge in [0, 0.05) is 30.9 Å². The first kappa shape index (κ1) is 22.2. The number of nitrogens with zero attached hydrogens (tertiary/aromatic N) is 4. The van der Waals surface area contributed by atoms with Crippen molar-refractivity contribution in [1.29, 1.82) is 0 Å². The van der Waals surface area contributed by atoms with E-state index in [4.69, 9.17) is 4.74 Å². The molecule has 2 aromatic carbocycles. The summed E-state index contributed by atoms with van der Waals surface area (Å²) in [5, 5.41) is 4.21. The van der Waals surface area contributed by atoms with Crippen molar-refractivity contribution >= 4 is 33.3 Å². The Morgan fingerprint density at radius 3 is 2.64 bits per heavy atom. The molecule has 10 heteroatoms. The van der Waals surface area contributed by atoms with Gasteiger partial charge >= 0.3 is 0 Å². The minimum atomic E-state index is -0.397. The maximum absolute atomic E-state index is 15.6. The maximum Gasteiger partial charge on any atom is 0.261 e. The SMILES string of the molecule is C[C@@H](Nc1c(-c2nc3ccc(N4CCOCC4)c(F)c3[nH]2)c(=O)[nH]c2ccccc12)c1ncccn1. The third-order valence-corrected chi connectivity index (χ3v) is 6.42. The second-order valence-electron chi connectivity index (χ2n) is 8.70. The van der Waals surface area contributed by atoms with Crippen LogP contribution in [0.15, 0.2) is 59.7 Å². The van der Waals surface area contributed by atoms with Crippen molar-refractivity contribution in [3.05, 3.63) is 76.9 Å². The number of anilines is 2. The number of nitrogens with one attached hydrogen (secondary N) is 3. The number of hydrogen-bond donors (Lipinski definition) is 3. The fourth-order valence-electron chi connectivity index (χ4n) is 4.63. The minimum Gasteiger partial charge on any atom is -0.378 e. The second-order valence-corrected chi connectivity index (χ2v) is 8.70. The molecule has 3 aromatic heterocycles. The third-order valence-electron chi connectivity index (χ3n) is 6.42. The van der Waals surface area contributed by atoms with Gasteiger partial charge in [-0.1, -0.05) is 18.2 Å². The number of aromatic nitrogens is 5. The molecule has 1 fully saturated rings. The fourth-order valence-corrected chi connectivity index (χ4v) is 4.63. The number of rotatable bonds is 5. The summed E-state index contributed by atoms with van der Waals surface area (Å²) in [7, 11) is 0. The zero-order valence-corrected chi connectivity index (χ0v) is 19.6. The summed E-state index contributed by atoms with van der Waals surface area (Å²) < 4.78 is 21.0. The van der Waals surface area contributed by atoms with Gasteiger partial charge in [0.05, 0.1) is 41.7 Å². The van der Waals surface area contributed by atoms with Crippen LogP contribution in [0, 0.1) is 5.82 Å². The number of hydrogen-bond acceptors (Lipinski definition) is 7. The average Bonchev–Trinajstić information content (AvgIpc) is 3.34. The fraction of sp³-hybridized carbons (Fsp3) is 0.231. The third kappa shape index (κ3) is 3.85. The molecule has 182 valence electrons. The van der Waals surface area contributed by atoms with E-state index in [1.165, 1.54) is 0 Å². The zero-order chi connectivity index (χ0) is 24.6. The number of aromatic amines is 2. The molecule has 0 aliphatic carbocycles. The van der Waals surface area contributed by atoms with Gasteiger partial charge in [-0.15, -0.1) is 0 Å². The molecule has 0 unspecified atom stereocenters. The van der Waals surface area contributed by atoms with Crippen LogP contribution >= 0.6 is 0 Å². The Kier molecular flexibility index (Phi) is 5.57. The van der Waals surface area contributed by atoms with E-state index in [1.54, 1.807) is 30.6 Å². The van der Waals surface area contributed by atoms with Crippen LogP contribution in [-0.2, 0) is 4.74 Å². The highest BCUT2D eigenvalue weighted by Gasteiger charge is 2.23. The molecule has 4 heterocycles. The van der Waals surface area contributed by atoms with Gasteiger partial charge in [-0.2, -0.15) is 0 Å². The van der Waals surface area contributed by atoms with Gasteiger partial charge in [-0.05, 0) is 31.2 Å². The molecule has 1 saturated heterocycles. The van der Waals surface area contributed by atoms with Crippen molar-refractivity contribution in [3.8, 4) is 11.4 Å². The van der Waals surface area contributed by atoms with Gasteiger partial charge in [0.25, 0.3) is 5.56 Å². The van der Waals surface area contributed by atoms with Crippen LogP contribution in [-0.4, -0.2) is 51.2 Å². The maximum atomic E-state index is 15.6. The normalized spacial score (nSPS) is 14.9. The van der Waals surface area contributed by atoms with E-state index in [1.807, 2.05) is 36.1 Å². The minimum absolute atomic E-state index is 0.256. The Morgan fingerprint density at radius 1 is 1.06 bits per heavy atom. The zero-order valence-electron chi connectivity index (χ0n) is 19.6. The van der Waals surface area contributed by atoms with E-state index in [0.717, 1.165) is 5.39 Å². The van der Waals surface area contributed by atoms with Crippen molar-refractivity contribution in [2.75, 3.05) is 36.5 Å². The Balaban J connectivity index is 1.50. The molecule has 0 saturated carbocycles. The van der Waals surface area contributed by atoms with Crippen LogP contribution in [0.4, 0.5) is 15.8 Å². The summed E-state index contributed by atoms with van der Waals surface area (Å²) >= 11 is 0. The molecule has 5 aromatic rings. The van der Waals surface area contributed by atoms with Crippen molar-refractivity contribution in [2.24, 2.45) is 0 Å². The summed E-state index contributed by atoms with van der Waals surface area (Å²) in [6.45, 7) is 4.25. The van der Waals surface area contributed by atoms with Gasteiger partial charge in [-0.25, -0.2) is 19.3 Å². The van der Waals surface area contributed by atoms with Crippen LogP contribution in [0.3, 0.4) is 0 Å². The van der Waals surface area contributed by atoms with Gasteiger partial charge in [0.15, 0.2) is 5.82 Å². The number of imidazole rings is 1. The predicted molar refractivity (Wildman–Crippen MR) is 137 cm³/mol. The summed E-state index contributed by atoms with van der Waals surface area (Å²) in [6, 6.07) is 12.4. The molecular formula is C26H24FN7O2. The van der Waals surface area contributed by atoms with Crippen LogP contribution in [0.1, 0.15) is 18.8 Å². The monoisotopic (exact) mass is 485 g/mol. The number of fused-ring (bicyclic) bond motifs is 2. The Hall–Kier alpha value is -4.31. The average molecular weight is 486 g/mol. The van der Waals surface area contributed by atoms with Gasteiger partial charge in [0.1, 0.15) is 22.7 Å². The number of benzene rings is 2. The largest absolute Gasteiger partial charge is 0.378 e. The lowest BCUT2D eigenvalue weighted by Crippen LogP contribution is -2.36. The number of pyridine rings is 1. The molecular weight excluding hydrogens is 461 g/mol. The lowest BCUT2D eigenvalue weighted by atomic mass is 10.1. The number of H-pyrrole nitrogens is 2. The molecule has 36 heavy (non-hydrogen) atoms.